The van der Waals surface area contributed by atoms with Crippen LogP contribution in [0.2, 0.25) is 0 Å². The first kappa shape index (κ1) is 27.8. The number of nitrogens with one attached hydrogen (secondary N) is 3. The number of likely N-dealkylation sites (N-methyl/N-ethyl adjacent to an activating group) is 1. The molecule has 0 aromatic heterocycles. The fourth-order valence-corrected chi connectivity index (χ4v) is 3.99. The maximum absolute atomic E-state index is 12.5. The number of carbonyl (C=O) groups excluding carboxylic acids is 2. The number of amides is 2. The van der Waals surface area contributed by atoms with Crippen LogP contribution in [0.5, 0.6) is 17.2 Å². The topological polar surface area (TPSA) is 115 Å². The fourth-order valence-electron chi connectivity index (χ4n) is 3.99. The molecule has 1 aliphatic rings. The Kier molecular flexibility index (Phi) is 10.6. The lowest BCUT2D eigenvalue weighted by molar-refractivity contribution is -0.130. The second-order valence-electron chi connectivity index (χ2n) is 8.67. The third-order valence-corrected chi connectivity index (χ3v) is 6.00. The number of hydrogen-bond acceptors (Lipinski definition) is 8. The van der Waals surface area contributed by atoms with E-state index in [0.717, 1.165) is 44.0 Å². The van der Waals surface area contributed by atoms with Gasteiger partial charge in [0.1, 0.15) is 23.9 Å². The first-order chi connectivity index (χ1) is 17.9. The minimum Gasteiger partial charge on any atom is -0.508 e. The number of benzene rings is 2. The predicted octanol–water partition coefficient (Wildman–Crippen LogP) is 1.73. The zero-order valence-corrected chi connectivity index (χ0v) is 21.8. The Morgan fingerprint density at radius 1 is 1.05 bits per heavy atom. The summed E-state index contributed by atoms with van der Waals surface area (Å²) in [6.45, 7) is 6.46. The highest BCUT2D eigenvalue weighted by Crippen LogP contribution is 2.28. The molecule has 2 aromatic rings. The number of phenols is 1. The summed E-state index contributed by atoms with van der Waals surface area (Å²) in [4.78, 5) is 28.2. The van der Waals surface area contributed by atoms with Gasteiger partial charge in [-0.3, -0.25) is 14.5 Å². The van der Waals surface area contributed by atoms with Crippen molar-refractivity contribution in [3.63, 3.8) is 0 Å². The van der Waals surface area contributed by atoms with Crippen LogP contribution in [0, 0.1) is 0 Å². The van der Waals surface area contributed by atoms with Crippen LogP contribution in [0.4, 0.5) is 5.69 Å². The smallest absolute Gasteiger partial charge is 0.262 e. The largest absolute Gasteiger partial charge is 0.508 e. The first-order valence-electron chi connectivity index (χ1n) is 12.4. The Hall–Kier alpha value is -3.76. The lowest BCUT2D eigenvalue weighted by Crippen LogP contribution is -2.48. The summed E-state index contributed by atoms with van der Waals surface area (Å²) in [6, 6.07) is 11.8. The number of ether oxygens (including phenoxy) is 2. The lowest BCUT2D eigenvalue weighted by Gasteiger charge is -2.34. The van der Waals surface area contributed by atoms with Gasteiger partial charge in [-0.25, -0.2) is 0 Å². The minimum absolute atomic E-state index is 0.0735. The average Bonchev–Trinajstić information content (AvgIpc) is 2.89. The number of anilines is 1. The van der Waals surface area contributed by atoms with Gasteiger partial charge in [0.25, 0.3) is 5.91 Å². The molecule has 0 radical (unpaired) electrons. The highest BCUT2D eigenvalue weighted by molar-refractivity contribution is 5.92. The molecule has 0 spiro atoms. The minimum atomic E-state index is -0.321. The lowest BCUT2D eigenvalue weighted by atomic mass is 10.1. The van der Waals surface area contributed by atoms with Gasteiger partial charge < -0.3 is 35.4 Å². The third kappa shape index (κ3) is 8.69. The summed E-state index contributed by atoms with van der Waals surface area (Å²) in [5, 5.41) is 18.7. The second kappa shape index (κ2) is 14.1. The average molecular weight is 512 g/mol. The van der Waals surface area contributed by atoms with Crippen LogP contribution in [0.15, 0.2) is 48.5 Å². The summed E-state index contributed by atoms with van der Waals surface area (Å²) in [5.74, 6) is 0.983. The fraction of sp³-hybridized carbons (Fsp3) is 0.407. The van der Waals surface area contributed by atoms with E-state index in [1.165, 1.54) is 12.1 Å². The highest BCUT2D eigenvalue weighted by atomic mass is 16.5. The van der Waals surface area contributed by atoms with Crippen LogP contribution in [0.3, 0.4) is 0 Å². The van der Waals surface area contributed by atoms with E-state index in [4.69, 9.17) is 9.47 Å². The molecular formula is C27H37N5O5. The van der Waals surface area contributed by atoms with E-state index in [0.29, 0.717) is 30.3 Å². The van der Waals surface area contributed by atoms with Crippen LogP contribution in [0.1, 0.15) is 12.5 Å². The molecule has 1 aliphatic heterocycles. The maximum atomic E-state index is 12.5. The van der Waals surface area contributed by atoms with Crippen molar-refractivity contribution in [2.75, 3.05) is 71.9 Å². The molecule has 2 amide bonds. The summed E-state index contributed by atoms with van der Waals surface area (Å²) >= 11 is 0. The number of carbonyl (C=O) groups is 2. The van der Waals surface area contributed by atoms with Gasteiger partial charge >= 0.3 is 0 Å². The Labute approximate surface area is 218 Å². The van der Waals surface area contributed by atoms with Crippen molar-refractivity contribution in [1.29, 1.82) is 0 Å². The van der Waals surface area contributed by atoms with Gasteiger partial charge in [-0.05, 0) is 43.5 Å². The van der Waals surface area contributed by atoms with Crippen molar-refractivity contribution in [3.05, 3.63) is 54.1 Å². The summed E-state index contributed by atoms with van der Waals surface area (Å²) in [5.41, 5.74) is 2.30. The number of aromatic hydroxyl groups is 1. The molecule has 200 valence electrons. The van der Waals surface area contributed by atoms with E-state index in [-0.39, 0.29) is 24.2 Å². The molecule has 1 heterocycles. The molecule has 10 heteroatoms. The Balaban J connectivity index is 1.63. The van der Waals surface area contributed by atoms with Crippen molar-refractivity contribution in [2.24, 2.45) is 0 Å². The van der Waals surface area contributed by atoms with Crippen LogP contribution in [0.25, 0.3) is 5.70 Å². The van der Waals surface area contributed by atoms with Gasteiger partial charge in [0.15, 0.2) is 6.61 Å². The van der Waals surface area contributed by atoms with E-state index >= 15 is 0 Å². The zero-order valence-electron chi connectivity index (χ0n) is 21.8. The Morgan fingerprint density at radius 2 is 1.84 bits per heavy atom. The summed E-state index contributed by atoms with van der Waals surface area (Å²) in [6.07, 6.45) is 2.01. The molecule has 2 aromatic carbocycles. The number of rotatable bonds is 12. The van der Waals surface area contributed by atoms with Gasteiger partial charge in [-0.2, -0.15) is 0 Å². The van der Waals surface area contributed by atoms with Crippen molar-refractivity contribution in [1.82, 2.24) is 20.4 Å². The van der Waals surface area contributed by atoms with Crippen LogP contribution in [-0.4, -0.2) is 93.3 Å². The van der Waals surface area contributed by atoms with Gasteiger partial charge in [0.05, 0.1) is 0 Å². The van der Waals surface area contributed by atoms with Crippen LogP contribution >= 0.6 is 0 Å². The van der Waals surface area contributed by atoms with Crippen LogP contribution in [-0.2, 0) is 9.59 Å². The molecule has 4 N–H and O–H groups in total. The standard InChI is InChI=1S/C27H37N5O5/c1-20(33)32-13-11-31(12-14-32)15-16-36-26-8-7-21(17-24(26)25(29-3)9-10-28-2)30-27(35)19-37-23-6-4-5-22(34)18-23/h4-9,17-18,28-29,34H,10-16,19H2,1-3H3,(H,30,35)/b25-9-. The van der Waals surface area contributed by atoms with Gasteiger partial charge in [0.2, 0.25) is 5.91 Å². The van der Waals surface area contributed by atoms with Crippen molar-refractivity contribution < 1.29 is 24.2 Å². The number of nitrogens with zero attached hydrogens (tertiary/aromatic N) is 2. The molecule has 0 bridgehead atoms. The molecule has 1 saturated heterocycles. The highest BCUT2D eigenvalue weighted by Gasteiger charge is 2.18. The molecule has 0 unspecified atom stereocenters. The summed E-state index contributed by atoms with van der Waals surface area (Å²) in [7, 11) is 3.71. The SMILES string of the molecule is CNC/C=C(\NC)c1cc(NC(=O)COc2cccc(O)c2)ccc1OCCN1CCN(C(C)=O)CC1. The quantitative estimate of drug-likeness (QED) is 0.341. The van der Waals surface area contributed by atoms with E-state index in [9.17, 15) is 14.7 Å². The molecule has 0 atom stereocenters. The summed E-state index contributed by atoms with van der Waals surface area (Å²) < 4.78 is 11.6. The number of phenolic OH excluding ortho intramolecular Hbond substituents is 1. The van der Waals surface area contributed by atoms with Crippen LogP contribution < -0.4 is 25.4 Å². The molecule has 0 saturated carbocycles. The van der Waals surface area contributed by atoms with Crippen molar-refractivity contribution in [3.8, 4) is 17.2 Å². The van der Waals surface area contributed by atoms with E-state index in [1.807, 2.05) is 37.2 Å². The number of piperazine rings is 1. The molecule has 10 nitrogen and oxygen atoms in total. The van der Waals surface area contributed by atoms with E-state index < -0.39 is 0 Å². The van der Waals surface area contributed by atoms with E-state index in [1.54, 1.807) is 25.1 Å². The molecule has 37 heavy (non-hydrogen) atoms. The van der Waals surface area contributed by atoms with E-state index in [2.05, 4.69) is 20.9 Å². The zero-order chi connectivity index (χ0) is 26.6. The monoisotopic (exact) mass is 511 g/mol. The maximum Gasteiger partial charge on any atom is 0.262 e. The van der Waals surface area contributed by atoms with Crippen molar-refractivity contribution in [2.45, 2.75) is 6.92 Å². The molecular weight excluding hydrogens is 474 g/mol. The first-order valence-corrected chi connectivity index (χ1v) is 12.4. The normalized spacial score (nSPS) is 14.2. The predicted molar refractivity (Wildman–Crippen MR) is 144 cm³/mol. The molecule has 3 rings (SSSR count). The molecule has 0 aliphatic carbocycles. The van der Waals surface area contributed by atoms with Gasteiger partial charge in [-0.1, -0.05) is 6.07 Å². The van der Waals surface area contributed by atoms with Gasteiger partial charge in [-0.15, -0.1) is 0 Å². The van der Waals surface area contributed by atoms with Crippen molar-refractivity contribution >= 4 is 23.2 Å². The third-order valence-electron chi connectivity index (χ3n) is 6.00. The van der Waals surface area contributed by atoms with Gasteiger partial charge in [0, 0.05) is 76.3 Å². The Morgan fingerprint density at radius 3 is 2.51 bits per heavy atom. The number of hydrogen-bond donors (Lipinski definition) is 4. The molecule has 1 fully saturated rings. The Bertz CT molecular complexity index is 1080. The second-order valence-corrected chi connectivity index (χ2v) is 8.67.